The largest absolute Gasteiger partial charge is 0.365 e. The van der Waals surface area contributed by atoms with Crippen LogP contribution in [0.15, 0.2) is 10.6 Å². The number of nitrogens with zero attached hydrogens (tertiary/aromatic N) is 1. The van der Waals surface area contributed by atoms with E-state index in [1.165, 1.54) is 12.8 Å². The molecule has 0 bridgehead atoms. The molecule has 3 atom stereocenters. The lowest BCUT2D eigenvalue weighted by molar-refractivity contribution is -0.139. The summed E-state index contributed by atoms with van der Waals surface area (Å²) in [6.45, 7) is 6.46. The molecule has 1 amide bonds. The zero-order valence-electron chi connectivity index (χ0n) is 13.2. The molecule has 0 aromatic carbocycles. The van der Waals surface area contributed by atoms with Crippen LogP contribution >= 0.6 is 0 Å². The van der Waals surface area contributed by atoms with E-state index in [0.717, 1.165) is 24.3 Å². The van der Waals surface area contributed by atoms with Crippen molar-refractivity contribution in [3.05, 3.63) is 17.5 Å². The standard InChI is InChI=1S/C16H26N2O3/c1-4-15(20-14-7-5-6-11(2)8-14)16(19)17-10-13-9-12(3)21-18-13/h9,11,14-15H,4-8,10H2,1-3H3,(H,17,19). The van der Waals surface area contributed by atoms with Crippen LogP contribution in [0.1, 0.15) is 57.4 Å². The van der Waals surface area contributed by atoms with Crippen molar-refractivity contribution in [3.63, 3.8) is 0 Å². The van der Waals surface area contributed by atoms with Crippen LogP contribution < -0.4 is 5.32 Å². The maximum Gasteiger partial charge on any atom is 0.249 e. The van der Waals surface area contributed by atoms with Crippen molar-refractivity contribution in [3.8, 4) is 0 Å². The first-order chi connectivity index (χ1) is 10.1. The second-order valence-electron chi connectivity index (χ2n) is 6.07. The van der Waals surface area contributed by atoms with E-state index in [4.69, 9.17) is 9.26 Å². The molecule has 1 saturated carbocycles. The van der Waals surface area contributed by atoms with Crippen LogP contribution in [0.25, 0.3) is 0 Å². The highest BCUT2D eigenvalue weighted by molar-refractivity contribution is 5.80. The molecule has 0 spiro atoms. The molecule has 1 fully saturated rings. The van der Waals surface area contributed by atoms with E-state index in [0.29, 0.717) is 18.9 Å². The van der Waals surface area contributed by atoms with E-state index in [-0.39, 0.29) is 18.1 Å². The first-order valence-electron chi connectivity index (χ1n) is 7.93. The number of aryl methyl sites for hydroxylation is 1. The van der Waals surface area contributed by atoms with E-state index < -0.39 is 0 Å². The van der Waals surface area contributed by atoms with Crippen LogP contribution in [0.4, 0.5) is 0 Å². The third-order valence-electron chi connectivity index (χ3n) is 4.03. The van der Waals surface area contributed by atoms with Crippen molar-refractivity contribution < 1.29 is 14.1 Å². The lowest BCUT2D eigenvalue weighted by Gasteiger charge is -2.29. The maximum absolute atomic E-state index is 12.2. The Kier molecular flexibility index (Phi) is 5.79. The van der Waals surface area contributed by atoms with Crippen LogP contribution in [-0.2, 0) is 16.1 Å². The summed E-state index contributed by atoms with van der Waals surface area (Å²) in [6.07, 6.45) is 5.14. The average Bonchev–Trinajstić information content (AvgIpc) is 2.88. The van der Waals surface area contributed by atoms with Gasteiger partial charge < -0.3 is 14.6 Å². The highest BCUT2D eigenvalue weighted by Gasteiger charge is 2.25. The summed E-state index contributed by atoms with van der Waals surface area (Å²) < 4.78 is 11.0. The number of amides is 1. The molecule has 21 heavy (non-hydrogen) atoms. The lowest BCUT2D eigenvalue weighted by atomic mass is 9.88. The zero-order chi connectivity index (χ0) is 15.2. The summed E-state index contributed by atoms with van der Waals surface area (Å²) in [6, 6.07) is 1.82. The number of nitrogens with one attached hydrogen (secondary N) is 1. The van der Waals surface area contributed by atoms with E-state index in [2.05, 4.69) is 17.4 Å². The molecule has 1 aromatic rings. The van der Waals surface area contributed by atoms with Crippen LogP contribution in [0.3, 0.4) is 0 Å². The van der Waals surface area contributed by atoms with Gasteiger partial charge in [0, 0.05) is 6.07 Å². The van der Waals surface area contributed by atoms with Crippen LogP contribution in [0.5, 0.6) is 0 Å². The number of hydrogen-bond donors (Lipinski definition) is 1. The minimum Gasteiger partial charge on any atom is -0.365 e. The van der Waals surface area contributed by atoms with E-state index in [1.54, 1.807) is 0 Å². The lowest BCUT2D eigenvalue weighted by Crippen LogP contribution is -2.39. The van der Waals surface area contributed by atoms with Crippen LogP contribution in [0.2, 0.25) is 0 Å². The number of ether oxygens (including phenoxy) is 1. The predicted octanol–water partition coefficient (Wildman–Crippen LogP) is 2.97. The fraction of sp³-hybridized carbons (Fsp3) is 0.750. The molecular weight excluding hydrogens is 268 g/mol. The average molecular weight is 294 g/mol. The Hall–Kier alpha value is -1.36. The Morgan fingerprint density at radius 3 is 3.00 bits per heavy atom. The van der Waals surface area contributed by atoms with Crippen molar-refractivity contribution in [2.75, 3.05) is 0 Å². The number of rotatable bonds is 6. The van der Waals surface area contributed by atoms with Gasteiger partial charge in [-0.25, -0.2) is 0 Å². The summed E-state index contributed by atoms with van der Waals surface area (Å²) in [5, 5.41) is 6.75. The predicted molar refractivity (Wildman–Crippen MR) is 79.7 cm³/mol. The minimum atomic E-state index is -0.367. The molecule has 1 aliphatic carbocycles. The van der Waals surface area contributed by atoms with Gasteiger partial charge in [-0.1, -0.05) is 31.8 Å². The van der Waals surface area contributed by atoms with Gasteiger partial charge in [0.25, 0.3) is 0 Å². The van der Waals surface area contributed by atoms with Crippen LogP contribution in [-0.4, -0.2) is 23.3 Å². The van der Waals surface area contributed by atoms with E-state index >= 15 is 0 Å². The van der Waals surface area contributed by atoms with Gasteiger partial charge in [0.15, 0.2) is 0 Å². The molecule has 0 radical (unpaired) electrons. The molecular formula is C16H26N2O3. The van der Waals surface area contributed by atoms with E-state index in [9.17, 15) is 4.79 Å². The van der Waals surface area contributed by atoms with Gasteiger partial charge in [-0.3, -0.25) is 4.79 Å². The molecule has 0 aliphatic heterocycles. The SMILES string of the molecule is CCC(OC1CCCC(C)C1)C(=O)NCc1cc(C)on1. The second kappa shape index (κ2) is 7.59. The van der Waals surface area contributed by atoms with Crippen LogP contribution in [0, 0.1) is 12.8 Å². The fourth-order valence-electron chi connectivity index (χ4n) is 2.87. The molecule has 1 N–H and O–H groups in total. The summed E-state index contributed by atoms with van der Waals surface area (Å²) in [4.78, 5) is 12.2. The third-order valence-corrected chi connectivity index (χ3v) is 4.03. The minimum absolute atomic E-state index is 0.0589. The topological polar surface area (TPSA) is 64.4 Å². The summed E-state index contributed by atoms with van der Waals surface area (Å²) >= 11 is 0. The van der Waals surface area contributed by atoms with Gasteiger partial charge in [-0.15, -0.1) is 0 Å². The first-order valence-corrected chi connectivity index (χ1v) is 7.93. The monoisotopic (exact) mass is 294 g/mol. The van der Waals surface area contributed by atoms with Gasteiger partial charge >= 0.3 is 0 Å². The van der Waals surface area contributed by atoms with Gasteiger partial charge in [-0.05, 0) is 32.1 Å². The fourth-order valence-corrected chi connectivity index (χ4v) is 2.87. The van der Waals surface area contributed by atoms with Crippen molar-refractivity contribution in [2.45, 2.75) is 71.6 Å². The molecule has 3 unspecified atom stereocenters. The Bertz CT molecular complexity index is 458. The van der Waals surface area contributed by atoms with Crippen molar-refractivity contribution in [1.82, 2.24) is 10.5 Å². The zero-order valence-corrected chi connectivity index (χ0v) is 13.2. The number of carbonyl (C=O) groups is 1. The molecule has 118 valence electrons. The summed E-state index contributed by atoms with van der Waals surface area (Å²) in [5.74, 6) is 1.39. The Morgan fingerprint density at radius 2 is 2.38 bits per heavy atom. The van der Waals surface area contributed by atoms with Crippen molar-refractivity contribution in [2.24, 2.45) is 5.92 Å². The smallest absolute Gasteiger partial charge is 0.249 e. The number of aromatic nitrogens is 1. The quantitative estimate of drug-likeness (QED) is 0.876. The van der Waals surface area contributed by atoms with E-state index in [1.807, 2.05) is 19.9 Å². The molecule has 1 aliphatic rings. The Labute approximate surface area is 126 Å². The van der Waals surface area contributed by atoms with Gasteiger partial charge in [0.05, 0.1) is 12.6 Å². The van der Waals surface area contributed by atoms with Crippen molar-refractivity contribution in [1.29, 1.82) is 0 Å². The first kappa shape index (κ1) is 16.0. The molecule has 5 heteroatoms. The summed E-state index contributed by atoms with van der Waals surface area (Å²) in [5.41, 5.74) is 0.738. The Morgan fingerprint density at radius 1 is 1.57 bits per heavy atom. The van der Waals surface area contributed by atoms with Gasteiger partial charge in [-0.2, -0.15) is 0 Å². The highest BCUT2D eigenvalue weighted by Crippen LogP contribution is 2.26. The Balaban J connectivity index is 1.80. The highest BCUT2D eigenvalue weighted by atomic mass is 16.5. The molecule has 2 rings (SSSR count). The third kappa shape index (κ3) is 4.84. The second-order valence-corrected chi connectivity index (χ2v) is 6.07. The van der Waals surface area contributed by atoms with Crippen molar-refractivity contribution >= 4 is 5.91 Å². The molecule has 5 nitrogen and oxygen atoms in total. The maximum atomic E-state index is 12.2. The van der Waals surface area contributed by atoms with Gasteiger partial charge in [0.2, 0.25) is 5.91 Å². The van der Waals surface area contributed by atoms with Gasteiger partial charge in [0.1, 0.15) is 17.6 Å². The number of hydrogen-bond acceptors (Lipinski definition) is 4. The number of carbonyl (C=O) groups excluding carboxylic acids is 1. The molecule has 1 heterocycles. The molecule has 0 saturated heterocycles. The summed E-state index contributed by atoms with van der Waals surface area (Å²) in [7, 11) is 0. The normalized spacial score (nSPS) is 23.8. The molecule has 1 aromatic heterocycles.